The van der Waals surface area contributed by atoms with Crippen LogP contribution in [0, 0.1) is 5.82 Å². The summed E-state index contributed by atoms with van der Waals surface area (Å²) in [7, 11) is 1.60. The minimum absolute atomic E-state index is 0.0760. The number of carboxylic acid groups (broad SMARTS) is 1. The van der Waals surface area contributed by atoms with Crippen LogP contribution < -0.4 is 5.32 Å². The number of hydrogen-bond donors (Lipinski definition) is 2. The van der Waals surface area contributed by atoms with Gasteiger partial charge in [-0.3, -0.25) is 0 Å². The van der Waals surface area contributed by atoms with E-state index in [0.717, 1.165) is 31.0 Å². The van der Waals surface area contributed by atoms with E-state index in [0.29, 0.717) is 6.54 Å². The molecule has 104 valence electrons. The highest BCUT2D eigenvalue weighted by Crippen LogP contribution is 2.16. The van der Waals surface area contributed by atoms with Gasteiger partial charge in [0, 0.05) is 13.6 Å². The van der Waals surface area contributed by atoms with Crippen LogP contribution in [-0.2, 0) is 0 Å². The van der Waals surface area contributed by atoms with E-state index in [9.17, 15) is 14.0 Å². The molecule has 0 radical (unpaired) electrons. The van der Waals surface area contributed by atoms with Crippen molar-refractivity contribution in [2.45, 2.75) is 19.8 Å². The van der Waals surface area contributed by atoms with Crippen LogP contribution in [0.5, 0.6) is 0 Å². The predicted octanol–water partition coefficient (Wildman–Crippen LogP) is 2.79. The number of benzene rings is 1. The van der Waals surface area contributed by atoms with Crippen molar-refractivity contribution in [3.63, 3.8) is 0 Å². The van der Waals surface area contributed by atoms with Crippen LogP contribution in [0.15, 0.2) is 18.2 Å². The number of halogens is 1. The Hall–Kier alpha value is -2.11. The summed E-state index contributed by atoms with van der Waals surface area (Å²) in [4.78, 5) is 24.0. The number of amides is 2. The van der Waals surface area contributed by atoms with E-state index in [1.807, 2.05) is 6.92 Å². The summed E-state index contributed by atoms with van der Waals surface area (Å²) in [6.07, 6.45) is 1.79. The van der Waals surface area contributed by atoms with Crippen molar-refractivity contribution in [1.29, 1.82) is 0 Å². The van der Waals surface area contributed by atoms with Crippen LogP contribution in [-0.4, -0.2) is 35.6 Å². The van der Waals surface area contributed by atoms with E-state index >= 15 is 0 Å². The molecule has 1 aromatic carbocycles. The molecule has 2 N–H and O–H groups in total. The van der Waals surface area contributed by atoms with Crippen LogP contribution in [0.4, 0.5) is 14.9 Å². The maximum Gasteiger partial charge on any atom is 0.335 e. The van der Waals surface area contributed by atoms with Gasteiger partial charge >= 0.3 is 12.0 Å². The molecule has 0 bridgehead atoms. The number of aromatic carboxylic acids is 1. The molecule has 0 unspecified atom stereocenters. The summed E-state index contributed by atoms with van der Waals surface area (Å²) in [6, 6.07) is 2.80. The highest BCUT2D eigenvalue weighted by Gasteiger charge is 2.13. The highest BCUT2D eigenvalue weighted by atomic mass is 19.1. The summed E-state index contributed by atoms with van der Waals surface area (Å²) in [6.45, 7) is 2.56. The summed E-state index contributed by atoms with van der Waals surface area (Å²) in [5, 5.41) is 11.2. The second-order valence-electron chi connectivity index (χ2n) is 4.21. The van der Waals surface area contributed by atoms with Gasteiger partial charge in [0.2, 0.25) is 0 Å². The number of carboxylic acids is 1. The zero-order valence-electron chi connectivity index (χ0n) is 10.9. The summed E-state index contributed by atoms with van der Waals surface area (Å²) in [5.41, 5.74) is -0.207. The van der Waals surface area contributed by atoms with Gasteiger partial charge in [0.1, 0.15) is 5.82 Å². The fourth-order valence-electron chi connectivity index (χ4n) is 1.46. The normalized spacial score (nSPS) is 10.1. The van der Waals surface area contributed by atoms with E-state index in [4.69, 9.17) is 5.11 Å². The number of hydrogen-bond acceptors (Lipinski definition) is 2. The van der Waals surface area contributed by atoms with Crippen LogP contribution in [0.1, 0.15) is 30.1 Å². The molecule has 0 aliphatic rings. The van der Waals surface area contributed by atoms with Crippen LogP contribution in [0.2, 0.25) is 0 Å². The standard InChI is InChI=1S/C13H17FN2O3/c1-3-4-7-16(2)13(19)15-11-8-9(12(17)18)5-6-10(11)14/h5-6,8H,3-4,7H2,1-2H3,(H,15,19)(H,17,18). The van der Waals surface area contributed by atoms with Crippen molar-refractivity contribution < 1.29 is 19.1 Å². The Morgan fingerprint density at radius 1 is 1.42 bits per heavy atom. The predicted molar refractivity (Wildman–Crippen MR) is 69.9 cm³/mol. The highest BCUT2D eigenvalue weighted by molar-refractivity contribution is 5.93. The van der Waals surface area contributed by atoms with E-state index in [-0.39, 0.29) is 11.3 Å². The van der Waals surface area contributed by atoms with Gasteiger partial charge in [-0.15, -0.1) is 0 Å². The molecular formula is C13H17FN2O3. The molecule has 0 spiro atoms. The smallest absolute Gasteiger partial charge is 0.335 e. The molecular weight excluding hydrogens is 251 g/mol. The molecule has 0 heterocycles. The van der Waals surface area contributed by atoms with Gasteiger partial charge < -0.3 is 15.3 Å². The molecule has 0 saturated heterocycles. The fraction of sp³-hybridized carbons (Fsp3) is 0.385. The first kappa shape index (κ1) is 14.9. The Labute approximate surface area is 111 Å². The van der Waals surface area contributed by atoms with E-state index in [1.54, 1.807) is 7.05 Å². The second kappa shape index (κ2) is 6.72. The third-order valence-corrected chi connectivity index (χ3v) is 2.65. The van der Waals surface area contributed by atoms with Gasteiger partial charge in [-0.25, -0.2) is 14.0 Å². The average molecular weight is 268 g/mol. The van der Waals surface area contributed by atoms with Crippen molar-refractivity contribution in [2.75, 3.05) is 18.9 Å². The first-order valence-electron chi connectivity index (χ1n) is 6.00. The Kier molecular flexibility index (Phi) is 5.29. The minimum atomic E-state index is -1.17. The maximum atomic E-state index is 13.5. The molecule has 0 aromatic heterocycles. The van der Waals surface area contributed by atoms with Crippen molar-refractivity contribution in [2.24, 2.45) is 0 Å². The van der Waals surface area contributed by atoms with E-state index < -0.39 is 17.8 Å². The minimum Gasteiger partial charge on any atom is -0.478 e. The number of anilines is 1. The third-order valence-electron chi connectivity index (χ3n) is 2.65. The van der Waals surface area contributed by atoms with E-state index in [1.165, 1.54) is 4.90 Å². The lowest BCUT2D eigenvalue weighted by molar-refractivity contribution is 0.0697. The lowest BCUT2D eigenvalue weighted by atomic mass is 10.2. The molecule has 6 heteroatoms. The maximum absolute atomic E-state index is 13.5. The van der Waals surface area contributed by atoms with Crippen molar-refractivity contribution in [3.8, 4) is 0 Å². The van der Waals surface area contributed by atoms with Crippen LogP contribution in [0.25, 0.3) is 0 Å². The van der Waals surface area contributed by atoms with Gasteiger partial charge in [0.05, 0.1) is 11.3 Å². The van der Waals surface area contributed by atoms with Crippen molar-refractivity contribution >= 4 is 17.7 Å². The van der Waals surface area contributed by atoms with Gasteiger partial charge in [-0.2, -0.15) is 0 Å². The summed E-state index contributed by atoms with van der Waals surface area (Å²) in [5.74, 6) is -1.84. The lowest BCUT2D eigenvalue weighted by Gasteiger charge is -2.17. The Bertz CT molecular complexity index is 477. The van der Waals surface area contributed by atoms with Crippen molar-refractivity contribution in [3.05, 3.63) is 29.6 Å². The molecule has 0 aliphatic carbocycles. The van der Waals surface area contributed by atoms with Crippen LogP contribution in [0.3, 0.4) is 0 Å². The second-order valence-corrected chi connectivity index (χ2v) is 4.21. The number of unbranched alkanes of at least 4 members (excludes halogenated alkanes) is 1. The largest absolute Gasteiger partial charge is 0.478 e. The molecule has 0 fully saturated rings. The third kappa shape index (κ3) is 4.24. The van der Waals surface area contributed by atoms with Gasteiger partial charge in [-0.1, -0.05) is 13.3 Å². The zero-order chi connectivity index (χ0) is 14.4. The Morgan fingerprint density at radius 2 is 2.11 bits per heavy atom. The first-order chi connectivity index (χ1) is 8.95. The van der Waals surface area contributed by atoms with Gasteiger partial charge in [-0.05, 0) is 24.6 Å². The molecule has 0 atom stereocenters. The Balaban J connectivity index is 2.78. The summed E-state index contributed by atoms with van der Waals surface area (Å²) >= 11 is 0. The first-order valence-corrected chi connectivity index (χ1v) is 6.00. The van der Waals surface area contributed by atoms with Gasteiger partial charge in [0.15, 0.2) is 0 Å². The number of carbonyl (C=O) groups is 2. The molecule has 1 aromatic rings. The number of carbonyl (C=O) groups excluding carboxylic acids is 1. The zero-order valence-corrected chi connectivity index (χ0v) is 10.9. The summed E-state index contributed by atoms with van der Waals surface area (Å²) < 4.78 is 13.5. The Morgan fingerprint density at radius 3 is 2.68 bits per heavy atom. The molecule has 5 nitrogen and oxygen atoms in total. The average Bonchev–Trinajstić information content (AvgIpc) is 2.38. The van der Waals surface area contributed by atoms with E-state index in [2.05, 4.69) is 5.32 Å². The molecule has 1 rings (SSSR count). The topological polar surface area (TPSA) is 69.6 Å². The quantitative estimate of drug-likeness (QED) is 0.862. The number of nitrogens with zero attached hydrogens (tertiary/aromatic N) is 1. The molecule has 0 aliphatic heterocycles. The monoisotopic (exact) mass is 268 g/mol. The molecule has 19 heavy (non-hydrogen) atoms. The molecule has 2 amide bonds. The number of urea groups is 1. The van der Waals surface area contributed by atoms with Crippen LogP contribution >= 0.6 is 0 Å². The SMILES string of the molecule is CCCCN(C)C(=O)Nc1cc(C(=O)O)ccc1F. The van der Waals surface area contributed by atoms with Gasteiger partial charge in [0.25, 0.3) is 0 Å². The lowest BCUT2D eigenvalue weighted by Crippen LogP contribution is -2.32. The fourth-order valence-corrected chi connectivity index (χ4v) is 1.46. The molecule has 0 saturated carbocycles. The number of rotatable bonds is 5. The number of nitrogens with one attached hydrogen (secondary N) is 1. The van der Waals surface area contributed by atoms with Crippen molar-refractivity contribution in [1.82, 2.24) is 4.90 Å².